The monoisotopic (exact) mass is 516 g/mol. The highest BCUT2D eigenvalue weighted by atomic mass is 16.6. The highest BCUT2D eigenvalue weighted by Gasteiger charge is 2.53. The van der Waals surface area contributed by atoms with Gasteiger partial charge in [0.15, 0.2) is 6.23 Å². The molecule has 5 atom stereocenters. The molecule has 1 saturated heterocycles. The summed E-state index contributed by atoms with van der Waals surface area (Å²) in [6.07, 6.45) is -3.52. The quantitative estimate of drug-likeness (QED) is 0.117. The van der Waals surface area contributed by atoms with Gasteiger partial charge in [0.1, 0.15) is 30.2 Å². The Morgan fingerprint density at radius 3 is 2.58 bits per heavy atom. The molecule has 0 radical (unpaired) electrons. The lowest BCUT2D eigenvalue weighted by atomic mass is 9.96. The van der Waals surface area contributed by atoms with Crippen molar-refractivity contribution in [2.75, 3.05) is 44.8 Å². The van der Waals surface area contributed by atoms with Crippen LogP contribution in [0.2, 0.25) is 0 Å². The Morgan fingerprint density at radius 2 is 1.97 bits per heavy atom. The molecule has 202 valence electrons. The van der Waals surface area contributed by atoms with Crippen LogP contribution >= 0.6 is 0 Å². The minimum atomic E-state index is -1.87. The molecular formula is C21H32N4O11. The molecular weight excluding hydrogens is 484 g/mol. The van der Waals surface area contributed by atoms with Crippen molar-refractivity contribution < 1.29 is 48.7 Å². The van der Waals surface area contributed by atoms with Gasteiger partial charge in [0.05, 0.1) is 26.4 Å². The topological polar surface area (TPSA) is 208 Å². The Balaban J connectivity index is 1.71. The molecule has 1 amide bonds. The van der Waals surface area contributed by atoms with Crippen molar-refractivity contribution in [1.82, 2.24) is 14.9 Å². The lowest BCUT2D eigenvalue weighted by Crippen LogP contribution is -2.46. The van der Waals surface area contributed by atoms with Crippen molar-refractivity contribution in [3.8, 4) is 0 Å². The van der Waals surface area contributed by atoms with E-state index in [1.165, 1.54) is 26.1 Å². The fraction of sp³-hybridized carbons (Fsp3) is 0.667. The number of aliphatic hydroxyl groups is 3. The van der Waals surface area contributed by atoms with Gasteiger partial charge in [-0.15, -0.1) is 0 Å². The molecule has 2 heterocycles. The van der Waals surface area contributed by atoms with Crippen molar-refractivity contribution in [2.45, 2.75) is 44.8 Å². The lowest BCUT2D eigenvalue weighted by Gasteiger charge is -2.27. The molecule has 2 rings (SSSR count). The summed E-state index contributed by atoms with van der Waals surface area (Å²) in [6, 6.07) is 1.26. The molecule has 15 nitrogen and oxygen atoms in total. The van der Waals surface area contributed by atoms with Crippen LogP contribution in [0.4, 0.5) is 10.6 Å². The molecule has 0 aliphatic carbocycles. The van der Waals surface area contributed by atoms with Crippen LogP contribution in [0.3, 0.4) is 0 Å². The van der Waals surface area contributed by atoms with Gasteiger partial charge in [-0.05, 0) is 13.0 Å². The van der Waals surface area contributed by atoms with Crippen LogP contribution in [-0.2, 0) is 28.5 Å². The summed E-state index contributed by atoms with van der Waals surface area (Å²) in [7, 11) is 0. The van der Waals surface area contributed by atoms with Crippen LogP contribution in [0.15, 0.2) is 17.1 Å². The summed E-state index contributed by atoms with van der Waals surface area (Å²) < 4.78 is 21.1. The third-order valence-corrected chi connectivity index (χ3v) is 5.13. The van der Waals surface area contributed by atoms with E-state index in [4.69, 9.17) is 18.9 Å². The van der Waals surface area contributed by atoms with Gasteiger partial charge < -0.3 is 39.6 Å². The van der Waals surface area contributed by atoms with Gasteiger partial charge in [0.2, 0.25) is 0 Å². The summed E-state index contributed by atoms with van der Waals surface area (Å²) in [4.78, 5) is 50.4. The zero-order valence-corrected chi connectivity index (χ0v) is 20.2. The van der Waals surface area contributed by atoms with Crippen molar-refractivity contribution >= 4 is 23.8 Å². The molecule has 36 heavy (non-hydrogen) atoms. The Bertz CT molecular complexity index is 967. The van der Waals surface area contributed by atoms with E-state index in [9.17, 15) is 34.5 Å². The summed E-state index contributed by atoms with van der Waals surface area (Å²) in [6.45, 7) is 3.90. The Kier molecular flexibility index (Phi) is 10.7. The standard InChI is InChI=1S/C21H32N4O11/c1-12(10-34-13(2)27)11-35-16(28)8-22-5-7-33-20(31)24-15-4-6-25(19(30)23-15)18-21(3,32)17(29)14(9-26)36-18/h4,6,12,14,17-18,22,26,29,32H,5,7-11H2,1-3H3,(H,23,24,30,31)/t12?,14-,17-,18-,21-/m1/s1. The second kappa shape index (κ2) is 13.3. The molecule has 1 unspecified atom stereocenters. The Morgan fingerprint density at radius 1 is 1.28 bits per heavy atom. The molecule has 1 aromatic rings. The molecule has 0 bridgehead atoms. The maximum absolute atomic E-state index is 12.4. The fourth-order valence-corrected chi connectivity index (χ4v) is 3.19. The maximum atomic E-state index is 12.4. The minimum absolute atomic E-state index is 0.0888. The van der Waals surface area contributed by atoms with Gasteiger partial charge in [0.25, 0.3) is 0 Å². The lowest BCUT2D eigenvalue weighted by molar-refractivity contribution is -0.146. The van der Waals surface area contributed by atoms with Crippen LogP contribution in [0.5, 0.6) is 0 Å². The van der Waals surface area contributed by atoms with Gasteiger partial charge in [0, 0.05) is 25.6 Å². The largest absolute Gasteiger partial charge is 0.465 e. The number of rotatable bonds is 12. The number of carbonyl (C=O) groups excluding carboxylic acids is 3. The SMILES string of the molecule is CC(=O)OCC(C)COC(=O)CNCCOC(=O)Nc1ccn([C@@H]2O[C@H](CO)[C@@H](O)[C@@]2(C)O)c(=O)n1. The molecule has 1 fully saturated rings. The van der Waals surface area contributed by atoms with Crippen LogP contribution in [0.25, 0.3) is 0 Å². The predicted octanol–water partition coefficient (Wildman–Crippen LogP) is -1.87. The molecule has 0 spiro atoms. The van der Waals surface area contributed by atoms with Gasteiger partial charge in [-0.2, -0.15) is 4.98 Å². The number of aliphatic hydroxyl groups excluding tert-OH is 2. The van der Waals surface area contributed by atoms with Gasteiger partial charge in [-0.25, -0.2) is 9.59 Å². The first-order chi connectivity index (χ1) is 16.9. The van der Waals surface area contributed by atoms with E-state index in [1.807, 2.05) is 0 Å². The van der Waals surface area contributed by atoms with Crippen LogP contribution in [-0.4, -0.2) is 100 Å². The number of nitrogens with one attached hydrogen (secondary N) is 2. The molecule has 5 N–H and O–H groups in total. The van der Waals surface area contributed by atoms with E-state index in [0.717, 1.165) is 4.57 Å². The second-order valence-corrected chi connectivity index (χ2v) is 8.41. The first kappa shape index (κ1) is 29.1. The highest BCUT2D eigenvalue weighted by Crippen LogP contribution is 2.37. The molecule has 1 aliphatic heterocycles. The predicted molar refractivity (Wildman–Crippen MR) is 121 cm³/mol. The Hall–Kier alpha value is -3.11. The summed E-state index contributed by atoms with van der Waals surface area (Å²) in [5, 5.41) is 34.8. The van der Waals surface area contributed by atoms with E-state index in [1.54, 1.807) is 6.92 Å². The number of aromatic nitrogens is 2. The minimum Gasteiger partial charge on any atom is -0.465 e. The van der Waals surface area contributed by atoms with Crippen LogP contribution < -0.4 is 16.3 Å². The molecule has 15 heteroatoms. The van der Waals surface area contributed by atoms with E-state index in [-0.39, 0.29) is 44.6 Å². The van der Waals surface area contributed by atoms with Gasteiger partial charge in [-0.3, -0.25) is 19.5 Å². The second-order valence-electron chi connectivity index (χ2n) is 8.41. The summed E-state index contributed by atoms with van der Waals surface area (Å²) in [5.74, 6) is -1.22. The normalized spacial score (nSPS) is 24.1. The van der Waals surface area contributed by atoms with Crippen molar-refractivity contribution in [3.63, 3.8) is 0 Å². The van der Waals surface area contributed by atoms with E-state index < -0.39 is 54.4 Å². The summed E-state index contributed by atoms with van der Waals surface area (Å²) >= 11 is 0. The molecule has 1 aliphatic rings. The first-order valence-electron chi connectivity index (χ1n) is 11.1. The molecule has 0 saturated carbocycles. The fourth-order valence-electron chi connectivity index (χ4n) is 3.19. The van der Waals surface area contributed by atoms with Crippen molar-refractivity contribution in [1.29, 1.82) is 0 Å². The summed E-state index contributed by atoms with van der Waals surface area (Å²) in [5.41, 5.74) is -2.75. The zero-order chi connectivity index (χ0) is 26.9. The van der Waals surface area contributed by atoms with Crippen LogP contribution in [0.1, 0.15) is 27.0 Å². The van der Waals surface area contributed by atoms with Crippen molar-refractivity contribution in [2.24, 2.45) is 5.92 Å². The maximum Gasteiger partial charge on any atom is 0.412 e. The number of ether oxygens (including phenoxy) is 4. The van der Waals surface area contributed by atoms with E-state index in [2.05, 4.69) is 15.6 Å². The average Bonchev–Trinajstić information content (AvgIpc) is 3.04. The third kappa shape index (κ3) is 8.23. The molecule has 1 aromatic heterocycles. The number of anilines is 1. The first-order valence-corrected chi connectivity index (χ1v) is 11.1. The van der Waals surface area contributed by atoms with E-state index in [0.29, 0.717) is 0 Å². The number of hydrogen-bond donors (Lipinski definition) is 5. The third-order valence-electron chi connectivity index (χ3n) is 5.13. The van der Waals surface area contributed by atoms with Gasteiger partial charge in [-0.1, -0.05) is 6.92 Å². The van der Waals surface area contributed by atoms with Gasteiger partial charge >= 0.3 is 23.7 Å². The van der Waals surface area contributed by atoms with Crippen LogP contribution in [0, 0.1) is 5.92 Å². The Labute approximate surface area is 206 Å². The number of carbonyl (C=O) groups is 3. The molecule has 0 aromatic carbocycles. The number of nitrogens with zero attached hydrogens (tertiary/aromatic N) is 2. The zero-order valence-electron chi connectivity index (χ0n) is 20.2. The van der Waals surface area contributed by atoms with Crippen molar-refractivity contribution in [3.05, 3.63) is 22.7 Å². The number of esters is 2. The highest BCUT2D eigenvalue weighted by molar-refractivity contribution is 5.83. The number of amides is 1. The van der Waals surface area contributed by atoms with E-state index >= 15 is 0 Å². The number of hydrogen-bond acceptors (Lipinski definition) is 13. The average molecular weight is 517 g/mol. The smallest absolute Gasteiger partial charge is 0.412 e.